The van der Waals surface area contributed by atoms with Gasteiger partial charge in [-0.1, -0.05) is 177 Å². The Balaban J connectivity index is 0.750. The molecule has 1 unspecified atom stereocenters. The highest BCUT2D eigenvalue weighted by Crippen LogP contribution is 2.55. The molecule has 0 saturated heterocycles. The SMILES string of the molecule is CCOC(=O)c1cc(N(c2ccc(-c3ccccc3)cc2)c2ccc(-c3ccc(N(c4ccc(-c5ccc(N(c6ccc(-c7ccc8c(c7)C(C)(c7ccc(OCCOCCOCCOC)c(CC)c7)c7cc(-c9ccccc9)ccc7-8)cc6)c6ccc(OCCOCCOCCOC)c(C(=O)OCC)c6)cc5)cc4)c4ccc(OCCOCCOCCOC)c(C(=O)OCC)c4)cc3)cc2)ccc1OCCOCCOCCOC. The zero-order valence-electron chi connectivity index (χ0n) is 87.1. The Labute approximate surface area is 880 Å². The van der Waals surface area contributed by atoms with E-state index in [1.165, 1.54) is 22.3 Å². The molecule has 14 aromatic rings. The summed E-state index contributed by atoms with van der Waals surface area (Å²) in [5, 5.41) is 0. The number of aryl methyl sites for hydroxylation is 1. The van der Waals surface area contributed by atoms with Crippen molar-refractivity contribution < 1.29 is 104 Å². The number of carbonyl (C=O) groups is 3. The predicted octanol–water partition coefficient (Wildman–Crippen LogP) is 25.1. The summed E-state index contributed by atoms with van der Waals surface area (Å²) in [6.45, 7) is 19.5. The average Bonchev–Trinajstić information content (AvgIpc) is 1.55. The molecule has 0 amide bonds. The molecule has 150 heavy (non-hydrogen) atoms. The van der Waals surface area contributed by atoms with E-state index in [-0.39, 0.29) is 76.2 Å². The molecule has 0 aromatic heterocycles. The summed E-state index contributed by atoms with van der Waals surface area (Å²) in [7, 11) is 6.55. The van der Waals surface area contributed by atoms with Crippen LogP contribution in [0.3, 0.4) is 0 Å². The van der Waals surface area contributed by atoms with Crippen molar-refractivity contribution in [1.82, 2.24) is 0 Å². The van der Waals surface area contributed by atoms with Crippen LogP contribution in [0, 0.1) is 0 Å². The van der Waals surface area contributed by atoms with Crippen LogP contribution >= 0.6 is 0 Å². The zero-order valence-corrected chi connectivity index (χ0v) is 87.1. The number of anilines is 9. The van der Waals surface area contributed by atoms with E-state index in [0.717, 1.165) is 113 Å². The molecule has 1 aliphatic carbocycles. The van der Waals surface area contributed by atoms with Gasteiger partial charge in [0.2, 0.25) is 0 Å². The number of carbonyl (C=O) groups excluding carboxylic acids is 3. The highest BCUT2D eigenvalue weighted by molar-refractivity contribution is 5.98. The number of esters is 3. The van der Waals surface area contributed by atoms with Gasteiger partial charge in [0.15, 0.2) is 0 Å². The minimum atomic E-state index is -0.588. The van der Waals surface area contributed by atoms with Gasteiger partial charge in [0, 0.05) is 85.0 Å². The Morgan fingerprint density at radius 3 is 0.720 bits per heavy atom. The second-order valence-electron chi connectivity index (χ2n) is 35.3. The summed E-state index contributed by atoms with van der Waals surface area (Å²) in [4.78, 5) is 48.9. The maximum atomic E-state index is 14.3. The summed E-state index contributed by atoms with van der Waals surface area (Å²) in [6.07, 6.45) is 0.760. The molecule has 0 N–H and O–H groups in total. The highest BCUT2D eigenvalue weighted by atomic mass is 16.6. The molecule has 782 valence electrons. The van der Waals surface area contributed by atoms with Gasteiger partial charge in [0.05, 0.1) is 152 Å². The zero-order chi connectivity index (χ0) is 104. The van der Waals surface area contributed by atoms with Crippen LogP contribution in [0.1, 0.15) is 87.9 Å². The van der Waals surface area contributed by atoms with Gasteiger partial charge in [0.25, 0.3) is 0 Å². The molecule has 0 saturated carbocycles. The number of nitrogens with zero attached hydrogens (tertiary/aromatic N) is 3. The van der Waals surface area contributed by atoms with E-state index < -0.39 is 23.3 Å². The monoisotopic (exact) mass is 2030 g/mol. The Kier molecular flexibility index (Phi) is 42.0. The third-order valence-electron chi connectivity index (χ3n) is 25.7. The van der Waals surface area contributed by atoms with E-state index in [2.05, 4.69) is 271 Å². The van der Waals surface area contributed by atoms with E-state index in [9.17, 15) is 14.4 Å². The lowest BCUT2D eigenvalue weighted by Crippen LogP contribution is -2.23. The fourth-order valence-electron chi connectivity index (χ4n) is 18.1. The first-order valence-corrected chi connectivity index (χ1v) is 51.3. The molecule has 0 spiro atoms. The van der Waals surface area contributed by atoms with Crippen molar-refractivity contribution in [3.8, 4) is 89.8 Å². The normalized spacial score (nSPS) is 12.4. The highest BCUT2D eigenvalue weighted by Gasteiger charge is 2.42. The molecule has 25 heteroatoms. The molecule has 0 aliphatic heterocycles. The van der Waals surface area contributed by atoms with Crippen LogP contribution in [0.2, 0.25) is 0 Å². The molecule has 0 fully saturated rings. The van der Waals surface area contributed by atoms with Crippen LogP contribution in [0.5, 0.6) is 23.0 Å². The van der Waals surface area contributed by atoms with Crippen LogP contribution in [0.25, 0.3) is 66.8 Å². The molecule has 15 rings (SSSR count). The molecule has 14 aromatic carbocycles. The number of benzene rings is 14. The van der Waals surface area contributed by atoms with Crippen LogP contribution in [-0.4, -0.2) is 225 Å². The number of ether oxygens (including phenoxy) is 19. The Morgan fingerprint density at radius 2 is 0.453 bits per heavy atom. The minimum absolute atomic E-state index is 0.133. The minimum Gasteiger partial charge on any atom is -0.491 e. The first kappa shape index (κ1) is 110. The van der Waals surface area contributed by atoms with Gasteiger partial charge in [-0.15, -0.1) is 0 Å². The number of rotatable bonds is 62. The van der Waals surface area contributed by atoms with Gasteiger partial charge in [-0.2, -0.15) is 0 Å². The fraction of sp³-hybridized carbons (Fsp3) is 0.304. The van der Waals surface area contributed by atoms with Crippen molar-refractivity contribution in [3.05, 3.63) is 354 Å². The third kappa shape index (κ3) is 29.0. The van der Waals surface area contributed by atoms with Gasteiger partial charge in [-0.3, -0.25) is 0 Å². The maximum Gasteiger partial charge on any atom is 0.341 e. The van der Waals surface area contributed by atoms with Gasteiger partial charge in [-0.25, -0.2) is 14.4 Å². The fourth-order valence-corrected chi connectivity index (χ4v) is 18.1. The molecule has 0 bridgehead atoms. The average molecular weight is 2030 g/mol. The second-order valence-corrected chi connectivity index (χ2v) is 35.3. The summed E-state index contributed by atoms with van der Waals surface area (Å²) in [5.74, 6) is 0.267. The molecule has 25 nitrogen and oxygen atoms in total. The topological polar surface area (TPSA) is 236 Å². The van der Waals surface area contributed by atoms with E-state index in [4.69, 9.17) is 90.0 Å². The molecule has 1 aliphatic rings. The molecule has 0 heterocycles. The Bertz CT molecular complexity index is 6580. The lowest BCUT2D eigenvalue weighted by atomic mass is 9.73. The number of methoxy groups -OCH3 is 4. The third-order valence-corrected chi connectivity index (χ3v) is 25.7. The number of hydrogen-bond donors (Lipinski definition) is 0. The van der Waals surface area contributed by atoms with Crippen LogP contribution in [-0.2, 0) is 82.9 Å². The predicted molar refractivity (Wildman–Crippen MR) is 588 cm³/mol. The molecule has 0 radical (unpaired) electrons. The van der Waals surface area contributed by atoms with Crippen molar-refractivity contribution >= 4 is 69.1 Å². The Hall–Kier alpha value is -14.4. The summed E-state index contributed by atoms with van der Waals surface area (Å²) in [5.41, 5.74) is 24.2. The summed E-state index contributed by atoms with van der Waals surface area (Å²) in [6, 6.07) is 108. The van der Waals surface area contributed by atoms with Crippen molar-refractivity contribution in [3.63, 3.8) is 0 Å². The van der Waals surface area contributed by atoms with Crippen molar-refractivity contribution in [2.75, 3.05) is 222 Å². The largest absolute Gasteiger partial charge is 0.491 e. The van der Waals surface area contributed by atoms with Crippen LogP contribution < -0.4 is 33.6 Å². The molecular weight excluding hydrogens is 1900 g/mol. The maximum absolute atomic E-state index is 14.3. The van der Waals surface area contributed by atoms with Gasteiger partial charge in [-0.05, 0) is 269 Å². The van der Waals surface area contributed by atoms with Gasteiger partial charge >= 0.3 is 17.9 Å². The van der Waals surface area contributed by atoms with E-state index in [0.29, 0.717) is 153 Å². The van der Waals surface area contributed by atoms with Gasteiger partial charge in [0.1, 0.15) is 66.1 Å². The standard InChI is InChI=1S/C125H135N3O22/c1-10-90-84-101(38-56-118(90)147-80-76-140-72-68-136-64-60-132-6)125(5)116-85-99(92-22-18-15-19-23-92)36-54-111(116)112-55-37-100(86-117(112)125)98-34-49-107(50-35-98)128(110-53-59-121(115(89-110)124(131)146-13-4)150-83-79-143-75-71-139-67-63-135-9)106-47-32-97(33-48-106)96-30-45-105(46-31-96)127(109-52-58-120(114(88-109)123(130)145-12-3)149-82-78-142-74-70-138-66-62-134-8)104-43-28-95(29-44-104)94-26-41-103(42-27-94)126(102-39-24-93(25-40-102)91-20-16-14-17-21-91)108-51-57-119(113(87-108)122(129)144-11-2)148-81-77-141-73-69-137-65-61-133-7/h14-59,84-89H,10-13,60-83H2,1-9H3. The van der Waals surface area contributed by atoms with Crippen LogP contribution in [0.15, 0.2) is 315 Å². The van der Waals surface area contributed by atoms with Gasteiger partial charge < -0.3 is 105 Å². The Morgan fingerprint density at radius 1 is 0.227 bits per heavy atom. The van der Waals surface area contributed by atoms with E-state index in [1.54, 1.807) is 67.4 Å². The lowest BCUT2D eigenvalue weighted by Gasteiger charge is -2.30. The quantitative estimate of drug-likeness (QED) is 0.0196. The number of fused-ring (bicyclic) bond motifs is 3. The second kappa shape index (κ2) is 57.4. The van der Waals surface area contributed by atoms with Crippen molar-refractivity contribution in [1.29, 1.82) is 0 Å². The lowest BCUT2D eigenvalue weighted by molar-refractivity contribution is 0.0177. The van der Waals surface area contributed by atoms with Crippen LogP contribution in [0.4, 0.5) is 51.2 Å². The summed E-state index contributed by atoms with van der Waals surface area (Å²) < 4.78 is 109. The van der Waals surface area contributed by atoms with E-state index in [1.807, 2.05) is 54.6 Å². The van der Waals surface area contributed by atoms with Crippen molar-refractivity contribution in [2.45, 2.75) is 46.5 Å². The first-order chi connectivity index (χ1) is 73.7. The summed E-state index contributed by atoms with van der Waals surface area (Å²) >= 11 is 0. The smallest absolute Gasteiger partial charge is 0.341 e. The molecular formula is C125H135N3O22. The number of hydrogen-bond acceptors (Lipinski definition) is 25. The van der Waals surface area contributed by atoms with Crippen molar-refractivity contribution in [2.24, 2.45) is 0 Å². The molecule has 1 atom stereocenters. The first-order valence-electron chi connectivity index (χ1n) is 51.3. The van der Waals surface area contributed by atoms with E-state index >= 15 is 0 Å².